The summed E-state index contributed by atoms with van der Waals surface area (Å²) in [7, 11) is 0. The Morgan fingerprint density at radius 2 is 1.29 bits per heavy atom. The zero-order chi connectivity index (χ0) is 39.1. The normalized spacial score (nSPS) is 11.4. The zero-order valence-electron chi connectivity index (χ0n) is 29.4. The van der Waals surface area contributed by atoms with E-state index in [-0.39, 0.29) is 76.8 Å². The molecule has 0 radical (unpaired) electrons. The van der Waals surface area contributed by atoms with E-state index in [1.54, 1.807) is 30.3 Å². The van der Waals surface area contributed by atoms with Crippen molar-refractivity contribution in [1.82, 2.24) is 9.97 Å². The number of aromatic hydroxyl groups is 1. The van der Waals surface area contributed by atoms with Crippen molar-refractivity contribution in [2.45, 2.75) is 26.3 Å². The van der Waals surface area contributed by atoms with Gasteiger partial charge in [0.15, 0.2) is 5.43 Å². The van der Waals surface area contributed by atoms with Crippen molar-refractivity contribution in [3.8, 4) is 28.2 Å². The number of carbonyl (C=O) groups is 2. The number of nitrogens with one attached hydrogen (secondary N) is 2. The molecule has 0 unspecified atom stereocenters. The maximum atomic E-state index is 13.8. The summed E-state index contributed by atoms with van der Waals surface area (Å²) >= 11 is 0. The van der Waals surface area contributed by atoms with Gasteiger partial charge in [0.2, 0.25) is 0 Å². The van der Waals surface area contributed by atoms with Crippen LogP contribution in [0.15, 0.2) is 112 Å². The molecule has 7 N–H and O–H groups in total. The Balaban J connectivity index is 1.35. The summed E-state index contributed by atoms with van der Waals surface area (Å²) in [4.78, 5) is 47.8. The van der Waals surface area contributed by atoms with Crippen LogP contribution in [0.4, 0.5) is 11.4 Å². The number of carboxylic acids is 2. The number of aliphatic hydroxyl groups excluding tert-OH is 2. The first-order chi connectivity index (χ1) is 27.1. The van der Waals surface area contributed by atoms with E-state index in [2.05, 4.69) is 20.6 Å². The van der Waals surface area contributed by atoms with Crippen LogP contribution in [-0.2, 0) is 26.3 Å². The van der Waals surface area contributed by atoms with E-state index < -0.39 is 17.4 Å². The van der Waals surface area contributed by atoms with E-state index in [1.165, 1.54) is 36.4 Å². The number of phenolic OH excluding ortho intramolecular Hbond substituents is 1. The minimum Gasteiger partial charge on any atom is -0.507 e. The van der Waals surface area contributed by atoms with Gasteiger partial charge in [0, 0.05) is 40.4 Å². The number of rotatable bonds is 11. The molecule has 278 valence electrons. The van der Waals surface area contributed by atoms with Crippen molar-refractivity contribution in [3.63, 3.8) is 0 Å². The van der Waals surface area contributed by atoms with Gasteiger partial charge < -0.3 is 40.6 Å². The summed E-state index contributed by atoms with van der Waals surface area (Å²) in [6, 6.07) is 27.6. The van der Waals surface area contributed by atoms with Crippen LogP contribution in [0.25, 0.3) is 55.2 Å². The number of aliphatic hydroxyl groups is 2. The van der Waals surface area contributed by atoms with Crippen molar-refractivity contribution < 1.29 is 39.5 Å². The second-order valence-corrected chi connectivity index (χ2v) is 13.1. The fourth-order valence-corrected chi connectivity index (χ4v) is 7.00. The van der Waals surface area contributed by atoms with Crippen LogP contribution in [0.5, 0.6) is 5.75 Å². The topological polar surface area (TPSA) is 215 Å². The lowest BCUT2D eigenvalue weighted by Gasteiger charge is -2.21. The number of nitrogens with zero attached hydrogens (tertiary/aromatic N) is 2. The minimum atomic E-state index is -1.31. The second-order valence-electron chi connectivity index (χ2n) is 13.1. The number of anilines is 2. The number of pyridine rings is 2. The van der Waals surface area contributed by atoms with Gasteiger partial charge in [-0.25, -0.2) is 19.6 Å². The van der Waals surface area contributed by atoms with E-state index in [0.29, 0.717) is 44.7 Å². The molecular weight excluding hydrogens is 716 g/mol. The summed E-state index contributed by atoms with van der Waals surface area (Å²) in [6.07, 6.45) is 0. The maximum absolute atomic E-state index is 13.8. The number of carboxylic acid groups (broad SMARTS) is 2. The average Bonchev–Trinajstić information content (AvgIpc) is 3.21. The Morgan fingerprint density at radius 3 is 1.88 bits per heavy atom. The molecule has 2 aliphatic rings. The van der Waals surface area contributed by atoms with Gasteiger partial charge in [0.1, 0.15) is 17.1 Å². The fourth-order valence-electron chi connectivity index (χ4n) is 7.00. The van der Waals surface area contributed by atoms with E-state index in [1.807, 2.05) is 36.4 Å². The molecule has 13 heteroatoms. The summed E-state index contributed by atoms with van der Waals surface area (Å²) in [5.74, 6) is -2.66. The molecule has 0 saturated heterocycles. The van der Waals surface area contributed by atoms with Gasteiger partial charge in [-0.15, -0.1) is 0 Å². The van der Waals surface area contributed by atoms with E-state index in [0.717, 1.165) is 10.8 Å². The number of hydrogen-bond acceptors (Lipinski definition) is 11. The summed E-state index contributed by atoms with van der Waals surface area (Å²) in [6.45, 7) is -0.622. The van der Waals surface area contributed by atoms with Crippen molar-refractivity contribution in [3.05, 3.63) is 147 Å². The molecule has 0 saturated carbocycles. The van der Waals surface area contributed by atoms with Crippen LogP contribution in [0, 0.1) is 0 Å². The minimum absolute atomic E-state index is 0.0256. The van der Waals surface area contributed by atoms with Crippen molar-refractivity contribution >= 4 is 56.1 Å². The van der Waals surface area contributed by atoms with Crippen LogP contribution < -0.4 is 16.1 Å². The highest BCUT2D eigenvalue weighted by Gasteiger charge is 2.27. The monoisotopic (exact) mass is 748 g/mol. The molecular formula is C43H32N4O9. The second kappa shape index (κ2) is 14.5. The Hall–Kier alpha value is -7.35. The molecule has 0 atom stereocenters. The third-order valence-electron chi connectivity index (χ3n) is 9.75. The molecule has 0 bridgehead atoms. The summed E-state index contributed by atoms with van der Waals surface area (Å²) in [5.41, 5.74) is 3.72. The Bertz CT molecular complexity index is 2910. The molecule has 6 aromatic rings. The lowest BCUT2D eigenvalue weighted by Crippen LogP contribution is -2.15. The molecule has 1 aliphatic carbocycles. The highest BCUT2D eigenvalue weighted by atomic mass is 16.4. The first-order valence-electron chi connectivity index (χ1n) is 17.5. The van der Waals surface area contributed by atoms with Crippen LogP contribution in [0.2, 0.25) is 0 Å². The molecule has 4 aromatic carbocycles. The third kappa shape index (κ3) is 6.36. The summed E-state index contributed by atoms with van der Waals surface area (Å²) < 4.78 is 6.63. The quantitative estimate of drug-likeness (QED) is 0.0666. The Kier molecular flexibility index (Phi) is 9.22. The lowest BCUT2D eigenvalue weighted by molar-refractivity contribution is 0.0682. The van der Waals surface area contributed by atoms with E-state index in [4.69, 9.17) is 4.42 Å². The summed E-state index contributed by atoms with van der Waals surface area (Å²) in [5, 5.41) is 59.7. The van der Waals surface area contributed by atoms with Crippen molar-refractivity contribution in [2.75, 3.05) is 10.6 Å². The number of hydrogen-bond donors (Lipinski definition) is 7. The number of benzene rings is 5. The molecule has 0 spiro atoms. The zero-order valence-corrected chi connectivity index (χ0v) is 29.4. The van der Waals surface area contributed by atoms with Crippen LogP contribution >= 0.6 is 0 Å². The molecule has 3 heterocycles. The molecule has 2 aromatic heterocycles. The number of aromatic carboxylic acids is 2. The van der Waals surface area contributed by atoms with Gasteiger partial charge in [-0.3, -0.25) is 4.79 Å². The number of phenols is 1. The predicted octanol–water partition coefficient (Wildman–Crippen LogP) is 6.97. The standard InChI is InChI=1S/C43H32N4O9/c48-20-25-10-7-22-3-1-5-33(38(22)46-25)44-18-31-35(50)15-13-28-37(30-17-24(42(52)53)9-12-27(30)43(54)55)29-14-16-36(51)32(41(29)56-40(28)31)19-45-34-6-2-4-23-8-11-26(21-49)47-39(23)34/h1-17,44-45,48-50H,18-21H2,(H,52,53)(H,54,55). The predicted molar refractivity (Wildman–Crippen MR) is 210 cm³/mol. The van der Waals surface area contributed by atoms with Gasteiger partial charge in [-0.05, 0) is 72.3 Å². The SMILES string of the molecule is O=C(O)c1ccc(C(=O)O)c(-c2c3ccc(=O)c(CNc4cccc5ccc(CO)nc45)c-3oc3c(CNc4cccc5ccc(CO)nc45)c(O)ccc23)c1. The van der Waals surface area contributed by atoms with E-state index >= 15 is 0 Å². The van der Waals surface area contributed by atoms with Gasteiger partial charge in [0.05, 0.1) is 69.3 Å². The maximum Gasteiger partial charge on any atom is 0.336 e. The van der Waals surface area contributed by atoms with Crippen LogP contribution in [0.3, 0.4) is 0 Å². The Labute approximate surface area is 317 Å². The molecule has 8 rings (SSSR count). The number of fused-ring (bicyclic) bond motifs is 4. The van der Waals surface area contributed by atoms with Crippen molar-refractivity contribution in [1.29, 1.82) is 0 Å². The highest BCUT2D eigenvalue weighted by molar-refractivity contribution is 6.10. The number of aromatic nitrogens is 2. The highest BCUT2D eigenvalue weighted by Crippen LogP contribution is 2.45. The first kappa shape index (κ1) is 35.7. The van der Waals surface area contributed by atoms with E-state index in [9.17, 15) is 39.9 Å². The first-order valence-corrected chi connectivity index (χ1v) is 17.5. The average molecular weight is 749 g/mol. The Morgan fingerprint density at radius 1 is 0.661 bits per heavy atom. The molecule has 1 aliphatic heterocycles. The van der Waals surface area contributed by atoms with Crippen LogP contribution in [-0.4, -0.2) is 47.4 Å². The van der Waals surface area contributed by atoms with Gasteiger partial charge in [-0.1, -0.05) is 36.4 Å². The fraction of sp³-hybridized carbons (Fsp3) is 0.0930. The van der Waals surface area contributed by atoms with Gasteiger partial charge in [0.25, 0.3) is 0 Å². The number of para-hydroxylation sites is 2. The molecule has 0 amide bonds. The molecule has 0 fully saturated rings. The lowest BCUT2D eigenvalue weighted by atomic mass is 9.87. The smallest absolute Gasteiger partial charge is 0.336 e. The third-order valence-corrected chi connectivity index (χ3v) is 9.75. The largest absolute Gasteiger partial charge is 0.507 e. The van der Waals surface area contributed by atoms with Gasteiger partial charge >= 0.3 is 11.9 Å². The van der Waals surface area contributed by atoms with Crippen LogP contribution in [0.1, 0.15) is 43.2 Å². The molecule has 13 nitrogen and oxygen atoms in total. The molecule has 56 heavy (non-hydrogen) atoms. The van der Waals surface area contributed by atoms with Crippen molar-refractivity contribution in [2.24, 2.45) is 0 Å². The van der Waals surface area contributed by atoms with Gasteiger partial charge in [-0.2, -0.15) is 0 Å².